The maximum absolute atomic E-state index is 13.8. The molecule has 0 spiro atoms. The van der Waals surface area contributed by atoms with E-state index in [0.717, 1.165) is 28.6 Å². The molecule has 3 aromatic rings. The van der Waals surface area contributed by atoms with Gasteiger partial charge < -0.3 is 9.88 Å². The highest BCUT2D eigenvalue weighted by Crippen LogP contribution is 2.37. The molecule has 30 heavy (non-hydrogen) atoms. The lowest BCUT2D eigenvalue weighted by atomic mass is 9.92. The van der Waals surface area contributed by atoms with Gasteiger partial charge in [0.1, 0.15) is 11.2 Å². The predicted molar refractivity (Wildman–Crippen MR) is 121 cm³/mol. The van der Waals surface area contributed by atoms with Crippen LogP contribution in [0.15, 0.2) is 54.6 Å². The summed E-state index contributed by atoms with van der Waals surface area (Å²) in [6.07, 6.45) is 0.901. The Kier molecular flexibility index (Phi) is 5.14. The molecule has 2 heterocycles. The third-order valence-corrected chi connectivity index (χ3v) is 6.05. The van der Waals surface area contributed by atoms with Crippen molar-refractivity contribution < 1.29 is 9.59 Å². The van der Waals surface area contributed by atoms with Gasteiger partial charge in [0.05, 0.1) is 6.54 Å². The fourth-order valence-corrected chi connectivity index (χ4v) is 4.30. The molecule has 1 aliphatic rings. The summed E-state index contributed by atoms with van der Waals surface area (Å²) in [6, 6.07) is 17.6. The minimum absolute atomic E-state index is 0.122. The Morgan fingerprint density at radius 3 is 2.57 bits per heavy atom. The Hall–Kier alpha value is -3.08. The third-order valence-electron chi connectivity index (χ3n) is 6.05. The molecule has 1 unspecified atom stereocenters. The monoisotopic (exact) mass is 403 g/mol. The molecule has 0 bridgehead atoms. The fraction of sp³-hybridized carbons (Fsp3) is 0.360. The number of hydrogen-bond donors (Lipinski definition) is 1. The Labute approximate surface area is 177 Å². The molecular weight excluding hydrogens is 374 g/mol. The number of carbonyl (C=O) groups is 2. The zero-order valence-electron chi connectivity index (χ0n) is 18.1. The minimum Gasteiger partial charge on any atom is -0.354 e. The summed E-state index contributed by atoms with van der Waals surface area (Å²) in [5.74, 6) is 0.231. The van der Waals surface area contributed by atoms with E-state index in [4.69, 9.17) is 0 Å². The molecule has 0 saturated heterocycles. The van der Waals surface area contributed by atoms with Crippen LogP contribution in [0.25, 0.3) is 10.9 Å². The molecule has 5 heteroatoms. The van der Waals surface area contributed by atoms with E-state index in [-0.39, 0.29) is 11.8 Å². The summed E-state index contributed by atoms with van der Waals surface area (Å²) in [4.78, 5) is 29.0. The van der Waals surface area contributed by atoms with Gasteiger partial charge in [0.2, 0.25) is 5.91 Å². The first-order valence-corrected chi connectivity index (χ1v) is 10.6. The maximum atomic E-state index is 13.8. The van der Waals surface area contributed by atoms with Crippen molar-refractivity contribution in [1.29, 1.82) is 0 Å². The average molecular weight is 404 g/mol. The molecule has 2 aromatic carbocycles. The molecule has 2 amide bonds. The Morgan fingerprint density at radius 1 is 1.13 bits per heavy atom. The van der Waals surface area contributed by atoms with Crippen molar-refractivity contribution in [2.75, 3.05) is 11.4 Å². The number of carbonyl (C=O) groups excluding carboxylic acids is 2. The normalized spacial score (nSPS) is 18.7. The molecule has 0 saturated carbocycles. The van der Waals surface area contributed by atoms with E-state index in [1.165, 1.54) is 0 Å². The molecule has 5 nitrogen and oxygen atoms in total. The van der Waals surface area contributed by atoms with Crippen molar-refractivity contribution in [3.8, 4) is 0 Å². The molecule has 1 atom stereocenters. The number of hydrogen-bond acceptors (Lipinski definition) is 2. The number of para-hydroxylation sites is 2. The highest BCUT2D eigenvalue weighted by Gasteiger charge is 2.48. The van der Waals surface area contributed by atoms with E-state index in [1.54, 1.807) is 4.90 Å². The van der Waals surface area contributed by atoms with Crippen LogP contribution in [-0.4, -0.2) is 28.5 Å². The zero-order chi connectivity index (χ0) is 21.5. The predicted octanol–water partition coefficient (Wildman–Crippen LogP) is 4.53. The second-order valence-corrected chi connectivity index (χ2v) is 8.81. The van der Waals surface area contributed by atoms with Crippen molar-refractivity contribution in [3.05, 3.63) is 65.9 Å². The molecule has 0 radical (unpaired) electrons. The zero-order valence-corrected chi connectivity index (χ0v) is 18.1. The first-order chi connectivity index (χ1) is 14.3. The lowest BCUT2D eigenvalue weighted by molar-refractivity contribution is -0.126. The average Bonchev–Trinajstić information content (AvgIpc) is 3.08. The van der Waals surface area contributed by atoms with Crippen molar-refractivity contribution in [2.24, 2.45) is 5.92 Å². The largest absolute Gasteiger partial charge is 0.354 e. The van der Waals surface area contributed by atoms with Gasteiger partial charge >= 0.3 is 0 Å². The van der Waals surface area contributed by atoms with Crippen molar-refractivity contribution in [2.45, 2.75) is 46.2 Å². The molecule has 0 fully saturated rings. The second-order valence-electron chi connectivity index (χ2n) is 8.81. The van der Waals surface area contributed by atoms with Crippen LogP contribution in [0.1, 0.15) is 43.2 Å². The second kappa shape index (κ2) is 7.63. The number of aromatic nitrogens is 1. The number of fused-ring (bicyclic) bond motifs is 3. The highest BCUT2D eigenvalue weighted by molar-refractivity contribution is 6.14. The van der Waals surface area contributed by atoms with Crippen LogP contribution in [0.2, 0.25) is 0 Å². The van der Waals surface area contributed by atoms with Gasteiger partial charge in [0, 0.05) is 23.1 Å². The summed E-state index contributed by atoms with van der Waals surface area (Å²) in [5, 5.41) is 4.10. The molecule has 4 rings (SSSR count). The van der Waals surface area contributed by atoms with Gasteiger partial charge in [-0.05, 0) is 49.9 Å². The van der Waals surface area contributed by atoms with Gasteiger partial charge in [-0.1, -0.05) is 50.2 Å². The molecule has 156 valence electrons. The number of rotatable bonds is 5. The van der Waals surface area contributed by atoms with Crippen LogP contribution >= 0.6 is 0 Å². The smallest absolute Gasteiger partial charge is 0.275 e. The van der Waals surface area contributed by atoms with Crippen LogP contribution in [0, 0.1) is 12.8 Å². The lowest BCUT2D eigenvalue weighted by Crippen LogP contribution is -2.64. The molecular formula is C25H29N3O2. The number of anilines is 1. The Morgan fingerprint density at radius 2 is 1.83 bits per heavy atom. The fourth-order valence-electron chi connectivity index (χ4n) is 4.30. The molecule has 1 N–H and O–H groups in total. The number of nitrogens with one attached hydrogen (secondary N) is 1. The molecule has 0 aliphatic carbocycles. The van der Waals surface area contributed by atoms with Crippen LogP contribution in [0.4, 0.5) is 5.69 Å². The van der Waals surface area contributed by atoms with E-state index < -0.39 is 5.54 Å². The summed E-state index contributed by atoms with van der Waals surface area (Å²) >= 11 is 0. The quantitative estimate of drug-likeness (QED) is 0.680. The number of benzene rings is 2. The van der Waals surface area contributed by atoms with Crippen LogP contribution in [-0.2, 0) is 11.3 Å². The van der Waals surface area contributed by atoms with E-state index in [1.807, 2.05) is 73.0 Å². The van der Waals surface area contributed by atoms with Crippen molar-refractivity contribution >= 4 is 28.4 Å². The van der Waals surface area contributed by atoms with Crippen LogP contribution < -0.4 is 10.2 Å². The summed E-state index contributed by atoms with van der Waals surface area (Å²) < 4.78 is 1.99. The van der Waals surface area contributed by atoms with E-state index >= 15 is 0 Å². The van der Waals surface area contributed by atoms with Gasteiger partial charge in [-0.2, -0.15) is 0 Å². The standard InChI is InChI=1S/C25H29N3O2/c1-17(2)13-14-26-24(30)25(4)16-27-21-12-8-6-10-19(21)15-22(27)23(29)28(25)20-11-7-5-9-18(20)3/h5-12,15,17H,13-14,16H2,1-4H3,(H,26,30). The summed E-state index contributed by atoms with van der Waals surface area (Å²) in [5.41, 5.74) is 2.31. The minimum atomic E-state index is -1.03. The van der Waals surface area contributed by atoms with Crippen LogP contribution in [0.3, 0.4) is 0 Å². The topological polar surface area (TPSA) is 54.3 Å². The molecule has 1 aliphatic heterocycles. The number of aryl methyl sites for hydroxylation is 1. The first kappa shape index (κ1) is 20.2. The number of nitrogens with zero attached hydrogens (tertiary/aromatic N) is 2. The third kappa shape index (κ3) is 3.28. The van der Waals surface area contributed by atoms with Gasteiger partial charge in [0.15, 0.2) is 0 Å². The first-order valence-electron chi connectivity index (χ1n) is 10.6. The van der Waals surface area contributed by atoms with Crippen LogP contribution in [0.5, 0.6) is 0 Å². The van der Waals surface area contributed by atoms with Crippen molar-refractivity contribution in [3.63, 3.8) is 0 Å². The maximum Gasteiger partial charge on any atom is 0.275 e. The van der Waals surface area contributed by atoms with E-state index in [0.29, 0.717) is 24.7 Å². The van der Waals surface area contributed by atoms with E-state index in [2.05, 4.69) is 19.2 Å². The van der Waals surface area contributed by atoms with Gasteiger partial charge in [-0.15, -0.1) is 0 Å². The van der Waals surface area contributed by atoms with Gasteiger partial charge in [0.25, 0.3) is 5.91 Å². The van der Waals surface area contributed by atoms with Crippen molar-refractivity contribution in [1.82, 2.24) is 9.88 Å². The highest BCUT2D eigenvalue weighted by atomic mass is 16.2. The summed E-state index contributed by atoms with van der Waals surface area (Å²) in [7, 11) is 0. The Balaban J connectivity index is 1.83. The lowest BCUT2D eigenvalue weighted by Gasteiger charge is -2.44. The SMILES string of the molecule is Cc1ccccc1N1C(=O)c2cc3ccccc3n2CC1(C)C(=O)NCCC(C)C. The van der Waals surface area contributed by atoms with Gasteiger partial charge in [-0.3, -0.25) is 14.5 Å². The summed E-state index contributed by atoms with van der Waals surface area (Å²) in [6.45, 7) is 9.12. The Bertz CT molecular complexity index is 1110. The van der Waals surface area contributed by atoms with E-state index in [9.17, 15) is 9.59 Å². The molecule has 1 aromatic heterocycles. The number of amides is 2. The van der Waals surface area contributed by atoms with Gasteiger partial charge in [-0.25, -0.2) is 0 Å².